The van der Waals surface area contributed by atoms with Gasteiger partial charge < -0.3 is 9.80 Å². The molecule has 0 bridgehead atoms. The third-order valence-corrected chi connectivity index (χ3v) is 15.8. The van der Waals surface area contributed by atoms with E-state index in [0.717, 1.165) is 34.1 Å². The van der Waals surface area contributed by atoms with Crippen molar-refractivity contribution in [3.05, 3.63) is 300 Å². The molecule has 0 saturated carbocycles. The van der Waals surface area contributed by atoms with E-state index in [-0.39, 0.29) is 5.41 Å². The lowest BCUT2D eigenvalue weighted by Gasteiger charge is -2.51. The lowest BCUT2D eigenvalue weighted by atomic mass is 9.59. The average Bonchev–Trinajstić information content (AvgIpc) is 3.70. The second-order valence-corrected chi connectivity index (χ2v) is 20.0. The van der Waals surface area contributed by atoms with Crippen LogP contribution in [0.3, 0.4) is 0 Å². The van der Waals surface area contributed by atoms with E-state index in [2.05, 4.69) is 291 Å². The van der Waals surface area contributed by atoms with Crippen LogP contribution in [0.1, 0.15) is 47.2 Å². The van der Waals surface area contributed by atoms with Gasteiger partial charge in [-0.15, -0.1) is 0 Å². The molecule has 1 spiro atoms. The molecular formula is C70H50N2. The summed E-state index contributed by atoms with van der Waals surface area (Å²) in [6.07, 6.45) is 0. The van der Waals surface area contributed by atoms with Crippen LogP contribution in [0.15, 0.2) is 267 Å². The normalized spacial score (nSPS) is 15.5. The molecule has 2 nitrogen and oxygen atoms in total. The van der Waals surface area contributed by atoms with Gasteiger partial charge in [0.25, 0.3) is 0 Å². The maximum absolute atomic E-state index is 2.52. The van der Waals surface area contributed by atoms with Crippen molar-refractivity contribution >= 4 is 34.1 Å². The Hall–Kier alpha value is -8.98. The predicted octanol–water partition coefficient (Wildman–Crippen LogP) is 18.6. The first-order chi connectivity index (χ1) is 35.5. The van der Waals surface area contributed by atoms with Gasteiger partial charge >= 0.3 is 0 Å². The highest BCUT2D eigenvalue weighted by Gasteiger charge is 2.52. The van der Waals surface area contributed by atoms with E-state index in [1.54, 1.807) is 0 Å². The second-order valence-electron chi connectivity index (χ2n) is 20.0. The van der Waals surface area contributed by atoms with Gasteiger partial charge in [0.1, 0.15) is 0 Å². The van der Waals surface area contributed by atoms with Crippen molar-refractivity contribution in [2.24, 2.45) is 0 Å². The minimum absolute atomic E-state index is 0.120. The fourth-order valence-corrected chi connectivity index (χ4v) is 12.7. The number of fused-ring (bicyclic) bond motifs is 11. The van der Waals surface area contributed by atoms with E-state index in [0.29, 0.717) is 0 Å². The van der Waals surface area contributed by atoms with Crippen molar-refractivity contribution in [3.8, 4) is 55.6 Å². The summed E-state index contributed by atoms with van der Waals surface area (Å²) in [5.74, 6) is 0. The highest BCUT2D eigenvalue weighted by Crippen LogP contribution is 2.65. The molecular weight excluding hydrogens is 869 g/mol. The van der Waals surface area contributed by atoms with Crippen LogP contribution in [0.4, 0.5) is 34.1 Å². The SMILES string of the molecule is CC1(C)c2ccccc2-c2cccc(-c3ccc(N4c5ccccc5C5(c6ccccc6N(c6ccc(-c7ccccc7)cc6)c6ccc(-c7ccccc7)cc65)c5cc(-c6ccccc6)ccc54)cc3)c21. The first-order valence-corrected chi connectivity index (χ1v) is 25.2. The summed E-state index contributed by atoms with van der Waals surface area (Å²) < 4.78 is 0. The summed E-state index contributed by atoms with van der Waals surface area (Å²) in [7, 11) is 0. The summed E-state index contributed by atoms with van der Waals surface area (Å²) in [6.45, 7) is 4.75. The van der Waals surface area contributed by atoms with Gasteiger partial charge in [-0.2, -0.15) is 0 Å². The van der Waals surface area contributed by atoms with E-state index >= 15 is 0 Å². The Morgan fingerprint density at radius 1 is 0.250 bits per heavy atom. The van der Waals surface area contributed by atoms with Crippen LogP contribution >= 0.6 is 0 Å². The van der Waals surface area contributed by atoms with Gasteiger partial charge in [0.05, 0.1) is 28.2 Å². The van der Waals surface area contributed by atoms with E-state index in [9.17, 15) is 0 Å². The van der Waals surface area contributed by atoms with Gasteiger partial charge in [-0.3, -0.25) is 0 Å². The molecule has 1 aliphatic carbocycles. The zero-order valence-electron chi connectivity index (χ0n) is 40.3. The number of benzene rings is 11. The summed E-state index contributed by atoms with van der Waals surface area (Å²) >= 11 is 0. The molecule has 1 atom stereocenters. The smallest absolute Gasteiger partial charge is 0.0783 e. The lowest BCUT2D eigenvalue weighted by molar-refractivity contribution is 0.662. The highest BCUT2D eigenvalue weighted by atomic mass is 15.2. The van der Waals surface area contributed by atoms with Crippen molar-refractivity contribution in [1.82, 2.24) is 0 Å². The van der Waals surface area contributed by atoms with Gasteiger partial charge in [0.15, 0.2) is 0 Å². The maximum Gasteiger partial charge on any atom is 0.0783 e. The molecule has 340 valence electrons. The Morgan fingerprint density at radius 2 is 0.611 bits per heavy atom. The number of para-hydroxylation sites is 2. The van der Waals surface area contributed by atoms with Crippen LogP contribution in [0.25, 0.3) is 55.6 Å². The number of anilines is 6. The number of nitrogens with zero attached hydrogens (tertiary/aromatic N) is 2. The molecule has 1 unspecified atom stereocenters. The van der Waals surface area contributed by atoms with Crippen molar-refractivity contribution in [2.75, 3.05) is 9.80 Å². The van der Waals surface area contributed by atoms with Crippen LogP contribution < -0.4 is 9.80 Å². The van der Waals surface area contributed by atoms with Crippen molar-refractivity contribution in [3.63, 3.8) is 0 Å². The molecule has 2 heteroatoms. The average molecular weight is 919 g/mol. The molecule has 0 radical (unpaired) electrons. The molecule has 2 aliphatic heterocycles. The Morgan fingerprint density at radius 3 is 1.12 bits per heavy atom. The molecule has 0 N–H and O–H groups in total. The third kappa shape index (κ3) is 6.22. The van der Waals surface area contributed by atoms with E-state index < -0.39 is 5.41 Å². The van der Waals surface area contributed by atoms with E-state index in [1.165, 1.54) is 89.0 Å². The Kier molecular flexibility index (Phi) is 9.50. The molecule has 11 aromatic carbocycles. The highest BCUT2D eigenvalue weighted by molar-refractivity contribution is 5.99. The minimum Gasteiger partial charge on any atom is -0.310 e. The second kappa shape index (κ2) is 16.3. The summed E-state index contributed by atoms with van der Waals surface area (Å²) in [4.78, 5) is 5.01. The summed E-state index contributed by atoms with van der Waals surface area (Å²) in [5, 5.41) is 0. The van der Waals surface area contributed by atoms with Crippen molar-refractivity contribution < 1.29 is 0 Å². The van der Waals surface area contributed by atoms with Crippen LogP contribution in [0.2, 0.25) is 0 Å². The number of hydrogen-bond acceptors (Lipinski definition) is 2. The quantitative estimate of drug-likeness (QED) is 0.164. The Labute approximate surface area is 422 Å². The van der Waals surface area contributed by atoms with Crippen molar-refractivity contribution in [2.45, 2.75) is 24.7 Å². The lowest BCUT2D eigenvalue weighted by Crippen LogP contribution is -2.42. The predicted molar refractivity (Wildman–Crippen MR) is 301 cm³/mol. The molecule has 3 aliphatic rings. The van der Waals surface area contributed by atoms with Crippen LogP contribution in [-0.4, -0.2) is 0 Å². The summed E-state index contributed by atoms with van der Waals surface area (Å²) in [5.41, 5.74) is 26.1. The molecule has 0 fully saturated rings. The van der Waals surface area contributed by atoms with Gasteiger partial charge in [-0.25, -0.2) is 0 Å². The van der Waals surface area contributed by atoms with Gasteiger partial charge in [0.2, 0.25) is 0 Å². The van der Waals surface area contributed by atoms with E-state index in [4.69, 9.17) is 0 Å². The van der Waals surface area contributed by atoms with Crippen LogP contribution in [0, 0.1) is 0 Å². The third-order valence-electron chi connectivity index (χ3n) is 15.8. The fraction of sp³-hybridized carbons (Fsp3) is 0.0571. The standard InChI is InChI=1S/C70H50N2/c1-69(2)59-28-13-12-25-57(59)58-27-18-26-56(68(58)69)51-35-41-55(42-36-51)72-65-32-17-15-30-61(65)70(63-46-53(38-44-67(63)72)49-23-10-5-11-24-49)60-29-14-16-31-64(60)71(54-39-33-50(34-40-54)47-19-6-3-7-20-47)66-43-37-52(45-62(66)70)48-21-8-4-9-22-48/h3-46H,1-2H3. The Bertz CT molecular complexity index is 3870. The zero-order chi connectivity index (χ0) is 48.0. The summed E-state index contributed by atoms with van der Waals surface area (Å²) in [6, 6.07) is 99.3. The van der Waals surface area contributed by atoms with Crippen LogP contribution in [0.5, 0.6) is 0 Å². The van der Waals surface area contributed by atoms with Crippen LogP contribution in [-0.2, 0) is 10.8 Å². The largest absolute Gasteiger partial charge is 0.310 e. The van der Waals surface area contributed by atoms with Crippen molar-refractivity contribution in [1.29, 1.82) is 0 Å². The first kappa shape index (κ1) is 41.9. The Balaban J connectivity index is 1.01. The molecule has 2 heterocycles. The molecule has 0 saturated heterocycles. The van der Waals surface area contributed by atoms with Gasteiger partial charge in [-0.05, 0) is 150 Å². The minimum atomic E-state index is -0.727. The van der Waals surface area contributed by atoms with Gasteiger partial charge in [-0.1, -0.05) is 220 Å². The molecule has 14 rings (SSSR count). The molecule has 72 heavy (non-hydrogen) atoms. The molecule has 11 aromatic rings. The van der Waals surface area contributed by atoms with E-state index in [1.807, 2.05) is 0 Å². The maximum atomic E-state index is 2.52. The number of hydrogen-bond donors (Lipinski definition) is 0. The topological polar surface area (TPSA) is 6.48 Å². The number of rotatable bonds is 6. The first-order valence-electron chi connectivity index (χ1n) is 25.2. The molecule has 0 aromatic heterocycles. The fourth-order valence-electron chi connectivity index (χ4n) is 12.7. The molecule has 0 amide bonds. The monoisotopic (exact) mass is 918 g/mol. The van der Waals surface area contributed by atoms with Gasteiger partial charge in [0, 0.05) is 16.8 Å². The zero-order valence-corrected chi connectivity index (χ0v) is 40.3.